The van der Waals surface area contributed by atoms with Crippen LogP contribution in [-0.2, 0) is 13.6 Å². The average Bonchev–Trinajstić information content (AvgIpc) is 2.62. The van der Waals surface area contributed by atoms with Crippen LogP contribution < -0.4 is 0 Å². The molecular formula is C9H20NO3P. The Kier molecular flexibility index (Phi) is 3.75. The lowest BCUT2D eigenvalue weighted by atomic mass is 10.5. The first kappa shape index (κ1) is 12.2. The van der Waals surface area contributed by atoms with Crippen molar-refractivity contribution in [3.63, 3.8) is 0 Å². The van der Waals surface area contributed by atoms with Crippen LogP contribution in [0.5, 0.6) is 0 Å². The summed E-state index contributed by atoms with van der Waals surface area (Å²) < 4.78 is 24.9. The molecule has 0 bridgehead atoms. The van der Waals surface area contributed by atoms with E-state index in [0.717, 1.165) is 6.54 Å². The molecule has 1 unspecified atom stereocenters. The van der Waals surface area contributed by atoms with Crippen molar-refractivity contribution in [2.45, 2.75) is 52.9 Å². The largest absolute Gasteiger partial charge is 0.409 e. The molecule has 0 radical (unpaired) electrons. The van der Waals surface area contributed by atoms with Crippen molar-refractivity contribution in [3.8, 4) is 0 Å². The fourth-order valence-corrected chi connectivity index (χ4v) is 3.52. The van der Waals surface area contributed by atoms with E-state index in [-0.39, 0.29) is 12.2 Å². The molecule has 0 aliphatic carbocycles. The van der Waals surface area contributed by atoms with E-state index in [1.54, 1.807) is 4.67 Å². The maximum atomic E-state index is 12.3. The Morgan fingerprint density at radius 1 is 1.21 bits per heavy atom. The molecule has 14 heavy (non-hydrogen) atoms. The zero-order valence-electron chi connectivity index (χ0n) is 9.56. The van der Waals surface area contributed by atoms with Crippen LogP contribution in [0.25, 0.3) is 0 Å². The van der Waals surface area contributed by atoms with Crippen LogP contribution in [0.3, 0.4) is 0 Å². The van der Waals surface area contributed by atoms with Crippen molar-refractivity contribution in [2.24, 2.45) is 0 Å². The minimum Gasteiger partial charge on any atom is -0.294 e. The van der Waals surface area contributed by atoms with Gasteiger partial charge in [0.15, 0.2) is 0 Å². The number of hydrogen-bond donors (Lipinski definition) is 0. The van der Waals surface area contributed by atoms with E-state index in [9.17, 15) is 4.57 Å². The van der Waals surface area contributed by atoms with Crippen molar-refractivity contribution in [1.82, 2.24) is 4.67 Å². The molecule has 0 aromatic carbocycles. The van der Waals surface area contributed by atoms with Crippen LogP contribution in [0.1, 0.15) is 34.6 Å². The highest BCUT2D eigenvalue weighted by atomic mass is 31.2. The van der Waals surface area contributed by atoms with Crippen molar-refractivity contribution < 1.29 is 13.6 Å². The van der Waals surface area contributed by atoms with E-state index in [1.807, 2.05) is 34.6 Å². The van der Waals surface area contributed by atoms with Crippen molar-refractivity contribution >= 4 is 7.75 Å². The van der Waals surface area contributed by atoms with Crippen LogP contribution >= 0.6 is 7.75 Å². The minimum atomic E-state index is -3.02. The maximum absolute atomic E-state index is 12.3. The molecule has 1 rings (SSSR count). The summed E-state index contributed by atoms with van der Waals surface area (Å²) in [5.41, 5.74) is 0. The summed E-state index contributed by atoms with van der Waals surface area (Å²) in [6.45, 7) is 10.3. The van der Waals surface area contributed by atoms with Gasteiger partial charge in [-0.1, -0.05) is 0 Å². The van der Waals surface area contributed by atoms with Gasteiger partial charge in [0.1, 0.15) is 0 Å². The molecule has 1 aliphatic heterocycles. The second-order valence-corrected chi connectivity index (χ2v) is 6.12. The van der Waals surface area contributed by atoms with Gasteiger partial charge in [-0.3, -0.25) is 9.05 Å². The first-order chi connectivity index (χ1) is 6.35. The van der Waals surface area contributed by atoms with Crippen LogP contribution in [0.4, 0.5) is 0 Å². The van der Waals surface area contributed by atoms with E-state index in [4.69, 9.17) is 9.05 Å². The molecule has 1 saturated heterocycles. The quantitative estimate of drug-likeness (QED) is 0.528. The third-order valence-electron chi connectivity index (χ3n) is 1.83. The third kappa shape index (κ3) is 3.06. The van der Waals surface area contributed by atoms with Gasteiger partial charge in [0, 0.05) is 12.6 Å². The number of rotatable bonds is 5. The molecule has 84 valence electrons. The Bertz CT molecular complexity index is 228. The summed E-state index contributed by atoms with van der Waals surface area (Å²) in [6, 6.07) is 0.318. The first-order valence-electron chi connectivity index (χ1n) is 5.09. The highest BCUT2D eigenvalue weighted by Crippen LogP contribution is 2.59. The van der Waals surface area contributed by atoms with Crippen LogP contribution in [0, 0.1) is 0 Å². The lowest BCUT2D eigenvalue weighted by Crippen LogP contribution is -2.13. The summed E-state index contributed by atoms with van der Waals surface area (Å²) in [4.78, 5) is 0. The molecule has 1 aliphatic rings. The second kappa shape index (κ2) is 4.31. The molecule has 5 heteroatoms. The monoisotopic (exact) mass is 221 g/mol. The minimum absolute atomic E-state index is 0.0765. The molecular weight excluding hydrogens is 201 g/mol. The van der Waals surface area contributed by atoms with E-state index >= 15 is 0 Å². The van der Waals surface area contributed by atoms with E-state index in [2.05, 4.69) is 0 Å². The fraction of sp³-hybridized carbons (Fsp3) is 1.00. The van der Waals surface area contributed by atoms with Gasteiger partial charge in [0.2, 0.25) is 0 Å². The fourth-order valence-electron chi connectivity index (χ4n) is 1.24. The molecule has 0 aromatic heterocycles. The Morgan fingerprint density at radius 3 is 1.79 bits per heavy atom. The molecule has 1 heterocycles. The van der Waals surface area contributed by atoms with Crippen LogP contribution in [-0.4, -0.2) is 29.5 Å². The summed E-state index contributed by atoms with van der Waals surface area (Å²) in [5, 5.41) is 0. The molecule has 0 spiro atoms. The zero-order valence-corrected chi connectivity index (χ0v) is 10.5. The Morgan fingerprint density at radius 2 is 1.57 bits per heavy atom. The second-order valence-electron chi connectivity index (χ2n) is 4.25. The average molecular weight is 221 g/mol. The molecule has 0 saturated carbocycles. The van der Waals surface area contributed by atoms with E-state index in [0.29, 0.717) is 6.04 Å². The third-order valence-corrected chi connectivity index (χ3v) is 4.39. The summed E-state index contributed by atoms with van der Waals surface area (Å²) in [7, 11) is -3.02. The maximum Gasteiger partial charge on any atom is 0.409 e. The van der Waals surface area contributed by atoms with Gasteiger partial charge in [-0.15, -0.1) is 0 Å². The molecule has 2 atom stereocenters. The summed E-state index contributed by atoms with van der Waals surface area (Å²) in [5.74, 6) is 0. The molecule has 4 nitrogen and oxygen atoms in total. The van der Waals surface area contributed by atoms with Gasteiger partial charge in [-0.2, -0.15) is 0 Å². The zero-order chi connectivity index (χ0) is 10.9. The molecule has 0 aromatic rings. The van der Waals surface area contributed by atoms with E-state index < -0.39 is 7.75 Å². The van der Waals surface area contributed by atoms with Gasteiger partial charge in [-0.25, -0.2) is 9.24 Å². The normalized spacial score (nSPS) is 27.4. The highest BCUT2D eigenvalue weighted by molar-refractivity contribution is 7.51. The standard InChI is InChI=1S/C9H20NO3P/c1-7(2)12-14(11,13-8(3)4)10-6-9(10)5/h7-9H,6H2,1-5H3/t9-,10?/m0/s1. The predicted octanol–water partition coefficient (Wildman–Crippen LogP) is 2.65. The van der Waals surface area contributed by atoms with Crippen LogP contribution in [0.15, 0.2) is 0 Å². The Labute approximate surface area is 86.2 Å². The van der Waals surface area contributed by atoms with Gasteiger partial charge in [0.05, 0.1) is 12.2 Å². The van der Waals surface area contributed by atoms with Gasteiger partial charge < -0.3 is 0 Å². The van der Waals surface area contributed by atoms with Gasteiger partial charge in [0.25, 0.3) is 0 Å². The highest BCUT2D eigenvalue weighted by Gasteiger charge is 2.48. The lowest BCUT2D eigenvalue weighted by molar-refractivity contribution is 0.124. The first-order valence-corrected chi connectivity index (χ1v) is 6.58. The molecule has 0 amide bonds. The van der Waals surface area contributed by atoms with Crippen molar-refractivity contribution in [2.75, 3.05) is 6.54 Å². The van der Waals surface area contributed by atoms with Crippen LogP contribution in [0.2, 0.25) is 0 Å². The smallest absolute Gasteiger partial charge is 0.294 e. The Hall–Kier alpha value is 0.110. The molecule has 0 N–H and O–H groups in total. The SMILES string of the molecule is CC(C)OP(=O)(OC(C)C)N1C[C@@H]1C. The summed E-state index contributed by atoms with van der Waals surface area (Å²) in [6.07, 6.45) is -0.153. The van der Waals surface area contributed by atoms with Gasteiger partial charge >= 0.3 is 7.75 Å². The Balaban J connectivity index is 2.64. The number of hydrogen-bond acceptors (Lipinski definition) is 3. The predicted molar refractivity (Wildman–Crippen MR) is 56.2 cm³/mol. The van der Waals surface area contributed by atoms with Gasteiger partial charge in [-0.05, 0) is 34.6 Å². The van der Waals surface area contributed by atoms with E-state index in [1.165, 1.54) is 0 Å². The topological polar surface area (TPSA) is 38.5 Å². The number of nitrogens with zero attached hydrogens (tertiary/aromatic N) is 1. The van der Waals surface area contributed by atoms with Crippen molar-refractivity contribution in [1.29, 1.82) is 0 Å². The lowest BCUT2D eigenvalue weighted by Gasteiger charge is -2.23. The summed E-state index contributed by atoms with van der Waals surface area (Å²) >= 11 is 0. The molecule has 1 fully saturated rings. The van der Waals surface area contributed by atoms with Crippen molar-refractivity contribution in [3.05, 3.63) is 0 Å².